The molecule has 0 heterocycles. The molecule has 1 atom stereocenters. The van der Waals surface area contributed by atoms with E-state index in [4.69, 9.17) is 13.0 Å². The number of aliphatic hydroxyl groups is 1. The van der Waals surface area contributed by atoms with Crippen molar-refractivity contribution in [3.05, 3.63) is 12.1 Å². The lowest BCUT2D eigenvalue weighted by molar-refractivity contribution is 0.310. The van der Waals surface area contributed by atoms with Crippen LogP contribution >= 0.6 is 11.8 Å². The van der Waals surface area contributed by atoms with E-state index in [0.29, 0.717) is 0 Å². The molecule has 7 heavy (non-hydrogen) atoms. The van der Waals surface area contributed by atoms with E-state index in [1.807, 2.05) is 6.26 Å². The van der Waals surface area contributed by atoms with Crippen LogP contribution in [0.4, 0.5) is 0 Å². The molecule has 1 nitrogen and oxygen atoms in total. The molecule has 0 saturated carbocycles. The average Bonchev–Trinajstić information content (AvgIpc) is 1.68. The molecule has 0 aromatic heterocycles. The van der Waals surface area contributed by atoms with Gasteiger partial charge in [-0.3, -0.25) is 0 Å². The van der Waals surface area contributed by atoms with Crippen molar-refractivity contribution in [3.63, 3.8) is 0 Å². The molecule has 0 bridgehead atoms. The zero-order valence-corrected chi connectivity index (χ0v) is 4.98. The summed E-state index contributed by atoms with van der Waals surface area (Å²) in [6.07, 6.45) is 3.33. The van der Waals surface area contributed by atoms with E-state index in [1.165, 1.54) is 23.8 Å². The molecule has 1 unspecified atom stereocenters. The Kier molecular flexibility index (Phi) is 4.35. The molecule has 2 radical (unpaired) electrons. The fourth-order valence-electron chi connectivity index (χ4n) is 0.174. The van der Waals surface area contributed by atoms with Crippen LogP contribution in [0.5, 0.6) is 0 Å². The standard InChI is InChI=1S/C4H7BOS/c1-7-4(6)2-3-5/h2-4,6H,1H3. The normalized spacial score (nSPS) is 15.1. The van der Waals surface area contributed by atoms with E-state index in [0.717, 1.165) is 0 Å². The Labute approximate surface area is 49.2 Å². The van der Waals surface area contributed by atoms with E-state index in [9.17, 15) is 0 Å². The van der Waals surface area contributed by atoms with Crippen LogP contribution in [0.2, 0.25) is 0 Å². The summed E-state index contributed by atoms with van der Waals surface area (Å²) in [6, 6.07) is 0. The SMILES string of the molecule is [B]C=CC(O)SC. The summed E-state index contributed by atoms with van der Waals surface area (Å²) in [4.78, 5) is 0. The highest BCUT2D eigenvalue weighted by Crippen LogP contribution is 2.01. The highest BCUT2D eigenvalue weighted by atomic mass is 32.2. The van der Waals surface area contributed by atoms with Gasteiger partial charge in [0, 0.05) is 0 Å². The van der Waals surface area contributed by atoms with Crippen LogP contribution < -0.4 is 0 Å². The molecule has 1 N–H and O–H groups in total. The lowest BCUT2D eigenvalue weighted by Gasteiger charge is -1.95. The minimum absolute atomic E-state index is 0.440. The molecular formula is C4H7BOS. The van der Waals surface area contributed by atoms with Crippen molar-refractivity contribution < 1.29 is 5.11 Å². The molecule has 0 fully saturated rings. The number of rotatable bonds is 2. The van der Waals surface area contributed by atoms with Crippen LogP contribution in [0.3, 0.4) is 0 Å². The van der Waals surface area contributed by atoms with Crippen molar-refractivity contribution in [1.29, 1.82) is 0 Å². The van der Waals surface area contributed by atoms with Crippen molar-refractivity contribution in [3.8, 4) is 0 Å². The Morgan fingerprint density at radius 2 is 2.43 bits per heavy atom. The lowest BCUT2D eigenvalue weighted by Crippen LogP contribution is -1.91. The third kappa shape index (κ3) is 3.96. The summed E-state index contributed by atoms with van der Waals surface area (Å²) < 4.78 is 0. The second kappa shape index (κ2) is 4.28. The molecule has 0 aliphatic rings. The third-order valence-electron chi connectivity index (χ3n) is 0.517. The topological polar surface area (TPSA) is 20.2 Å². The van der Waals surface area contributed by atoms with Gasteiger partial charge in [-0.05, 0) is 6.26 Å². The minimum Gasteiger partial charge on any atom is -0.379 e. The van der Waals surface area contributed by atoms with Gasteiger partial charge in [-0.1, -0.05) is 6.08 Å². The van der Waals surface area contributed by atoms with Gasteiger partial charge < -0.3 is 5.11 Å². The monoisotopic (exact) mass is 114 g/mol. The van der Waals surface area contributed by atoms with Gasteiger partial charge >= 0.3 is 0 Å². The van der Waals surface area contributed by atoms with Gasteiger partial charge in [-0.15, -0.1) is 17.7 Å². The first-order valence-electron chi connectivity index (χ1n) is 1.90. The molecular weight excluding hydrogens is 107 g/mol. The zero-order chi connectivity index (χ0) is 5.70. The van der Waals surface area contributed by atoms with E-state index >= 15 is 0 Å². The third-order valence-corrected chi connectivity index (χ3v) is 1.16. The number of hydrogen-bond donors (Lipinski definition) is 1. The van der Waals surface area contributed by atoms with E-state index in [-0.39, 0.29) is 0 Å². The zero-order valence-electron chi connectivity index (χ0n) is 4.16. The van der Waals surface area contributed by atoms with Gasteiger partial charge in [0.15, 0.2) is 0 Å². The Balaban J connectivity index is 3.16. The van der Waals surface area contributed by atoms with Crippen LogP contribution in [-0.2, 0) is 0 Å². The van der Waals surface area contributed by atoms with Crippen molar-refractivity contribution in [2.75, 3.05) is 6.26 Å². The average molecular weight is 114 g/mol. The van der Waals surface area contributed by atoms with Crippen LogP contribution in [0, 0.1) is 0 Å². The van der Waals surface area contributed by atoms with Gasteiger partial charge in [0.05, 0.1) is 0 Å². The largest absolute Gasteiger partial charge is 0.379 e. The van der Waals surface area contributed by atoms with E-state index < -0.39 is 5.44 Å². The summed E-state index contributed by atoms with van der Waals surface area (Å²) in [6.45, 7) is 0. The molecule has 0 saturated heterocycles. The second-order valence-electron chi connectivity index (χ2n) is 1.01. The molecule has 0 spiro atoms. The van der Waals surface area contributed by atoms with Crippen molar-refractivity contribution in [2.24, 2.45) is 0 Å². The smallest absolute Gasteiger partial charge is 0.117 e. The molecule has 0 aliphatic heterocycles. The second-order valence-corrected chi connectivity index (χ2v) is 1.97. The summed E-state index contributed by atoms with van der Waals surface area (Å²) >= 11 is 1.34. The molecule has 3 heteroatoms. The van der Waals surface area contributed by atoms with Gasteiger partial charge in [0.1, 0.15) is 13.3 Å². The number of hydrogen-bond acceptors (Lipinski definition) is 2. The van der Waals surface area contributed by atoms with E-state index in [1.54, 1.807) is 0 Å². The molecule has 0 aromatic carbocycles. The van der Waals surface area contributed by atoms with Crippen molar-refractivity contribution in [2.45, 2.75) is 5.44 Å². The first-order valence-corrected chi connectivity index (χ1v) is 3.19. The Bertz CT molecular complexity index is 64.7. The highest BCUT2D eigenvalue weighted by molar-refractivity contribution is 7.99. The first kappa shape index (κ1) is 7.11. The maximum Gasteiger partial charge on any atom is 0.117 e. The maximum atomic E-state index is 8.65. The highest BCUT2D eigenvalue weighted by Gasteiger charge is 1.87. The molecule has 0 amide bonds. The number of aliphatic hydroxyl groups excluding tert-OH is 1. The van der Waals surface area contributed by atoms with Crippen LogP contribution in [0.15, 0.2) is 12.1 Å². The summed E-state index contributed by atoms with van der Waals surface area (Å²) in [5.74, 6) is 1.33. The fraction of sp³-hybridized carbons (Fsp3) is 0.500. The predicted octanol–water partition coefficient (Wildman–Crippen LogP) is 0.350. The van der Waals surface area contributed by atoms with Crippen molar-refractivity contribution >= 4 is 19.6 Å². The fourth-order valence-corrected chi connectivity index (χ4v) is 0.421. The molecule has 38 valence electrons. The van der Waals surface area contributed by atoms with Gasteiger partial charge in [0.25, 0.3) is 0 Å². The minimum atomic E-state index is -0.440. The van der Waals surface area contributed by atoms with Gasteiger partial charge in [-0.25, -0.2) is 0 Å². The Morgan fingerprint density at radius 1 is 1.86 bits per heavy atom. The van der Waals surface area contributed by atoms with Crippen LogP contribution in [0.1, 0.15) is 0 Å². The van der Waals surface area contributed by atoms with Crippen LogP contribution in [-0.4, -0.2) is 24.6 Å². The Hall–Kier alpha value is 0.115. The first-order chi connectivity index (χ1) is 3.31. The Morgan fingerprint density at radius 3 is 2.57 bits per heavy atom. The summed E-state index contributed by atoms with van der Waals surface area (Å²) in [5.41, 5.74) is -0.440. The molecule has 0 aromatic rings. The molecule has 0 rings (SSSR count). The van der Waals surface area contributed by atoms with Crippen LogP contribution in [0.25, 0.3) is 0 Å². The summed E-state index contributed by atoms with van der Waals surface area (Å²) in [7, 11) is 4.95. The quantitative estimate of drug-likeness (QED) is 0.412. The lowest BCUT2D eigenvalue weighted by atomic mass is 10.1. The molecule has 0 aliphatic carbocycles. The summed E-state index contributed by atoms with van der Waals surface area (Å²) in [5, 5.41) is 8.65. The van der Waals surface area contributed by atoms with Crippen molar-refractivity contribution in [1.82, 2.24) is 0 Å². The van der Waals surface area contributed by atoms with Gasteiger partial charge in [0.2, 0.25) is 0 Å². The van der Waals surface area contributed by atoms with E-state index in [2.05, 4.69) is 0 Å². The number of thioether (sulfide) groups is 1. The predicted molar refractivity (Wildman–Crippen MR) is 34.4 cm³/mol. The maximum absolute atomic E-state index is 8.65. The van der Waals surface area contributed by atoms with Gasteiger partial charge in [-0.2, -0.15) is 0 Å².